The number of fused-ring (bicyclic) bond motifs is 1. The maximum atomic E-state index is 13.6. The molecule has 12 N–H and O–H groups in total. The predicted octanol–water partition coefficient (Wildman–Crippen LogP) is 1.12. The van der Waals surface area contributed by atoms with Gasteiger partial charge in [-0.05, 0) is 84.7 Å². The number of hydrogen-bond acceptors (Lipinski definition) is 14. The topological polar surface area (TPSA) is 420 Å². The van der Waals surface area contributed by atoms with Crippen LogP contribution in [-0.4, -0.2) is 139 Å². The van der Waals surface area contributed by atoms with E-state index in [-0.39, 0.29) is 68.9 Å². The zero-order valence-corrected chi connectivity index (χ0v) is 40.8. The summed E-state index contributed by atoms with van der Waals surface area (Å²) in [5, 5.41) is 65.5. The molecule has 0 saturated carbocycles. The quantitative estimate of drug-likeness (QED) is 0.0257. The van der Waals surface area contributed by atoms with Gasteiger partial charge in [-0.15, -0.1) is 0 Å². The second-order valence-corrected chi connectivity index (χ2v) is 16.9. The first-order valence-electron chi connectivity index (χ1n) is 23.4. The van der Waals surface area contributed by atoms with Crippen LogP contribution in [0.4, 0.5) is 9.18 Å². The van der Waals surface area contributed by atoms with Crippen LogP contribution < -0.4 is 37.2 Å². The highest BCUT2D eigenvalue weighted by atomic mass is 18.2. The molecule has 77 heavy (non-hydrogen) atoms. The van der Waals surface area contributed by atoms with Crippen molar-refractivity contribution < 1.29 is 92.3 Å². The van der Waals surface area contributed by atoms with Gasteiger partial charge in [0.1, 0.15) is 30.2 Å². The van der Waals surface area contributed by atoms with Crippen LogP contribution in [0, 0.1) is 5.95 Å². The Hall–Kier alpha value is -9.65. The first kappa shape index (κ1) is 61.6. The Balaban J connectivity index is 0.00000507. The van der Waals surface area contributed by atoms with Gasteiger partial charge in [0, 0.05) is 50.5 Å². The third-order valence-corrected chi connectivity index (χ3v) is 11.2. The summed E-state index contributed by atoms with van der Waals surface area (Å²) in [4.78, 5) is 154. The molecular weight excluding hydrogens is 1020 g/mol. The summed E-state index contributed by atoms with van der Waals surface area (Å²) in [7, 11) is 0. The van der Waals surface area contributed by atoms with Crippen molar-refractivity contribution in [3.05, 3.63) is 113 Å². The van der Waals surface area contributed by atoms with Gasteiger partial charge in [0.05, 0.1) is 5.56 Å². The smallest absolute Gasteiger partial charge is 0.373 e. The maximum Gasteiger partial charge on any atom is 0.373 e. The standard InChI is InChI=1S/C49H55FN8O16.CO2/c50-38-18-14-32(26-52-38)43(64)55-35(47(70)71)16-20-40(60)54-34(46(68)69)15-19-39(59)53-25-27-8-12-30(13-9-27)42(63)56-37(24-28-10-11-29-5-1-2-6-31(29)23-28)44(65)51-22-4-3-7-33(45(66)67)57-49(74)58-36(48(72)73)17-21-41(61)62;2-1-3/h1-2,5-6,8-14,18,23,26,33-37H,3-4,7,15-17,19-22,24-25H2,(H,51,65)(H,53,59)(H,54,60)(H,55,64)(H,56,63)(H,61,62)(H,66,67)(H,68,69)(H,70,71)(H,72,73)(H2,57,58,74);/i50-1;. The van der Waals surface area contributed by atoms with Crippen LogP contribution in [-0.2, 0) is 60.9 Å². The highest BCUT2D eigenvalue weighted by Gasteiger charge is 2.28. The summed E-state index contributed by atoms with van der Waals surface area (Å²) < 4.78 is 13.1. The minimum absolute atomic E-state index is 0.0373. The van der Waals surface area contributed by atoms with Crippen LogP contribution in [0.3, 0.4) is 0 Å². The molecule has 0 aliphatic rings. The number of carboxylic acid groups (broad SMARTS) is 5. The molecule has 27 heteroatoms. The highest BCUT2D eigenvalue weighted by Crippen LogP contribution is 2.18. The molecule has 0 radical (unpaired) electrons. The molecule has 4 rings (SSSR count). The van der Waals surface area contributed by atoms with Crippen molar-refractivity contribution in [3.63, 3.8) is 0 Å². The largest absolute Gasteiger partial charge is 0.481 e. The Morgan fingerprint density at radius 3 is 1.61 bits per heavy atom. The normalized spacial score (nSPS) is 12.4. The Kier molecular flexibility index (Phi) is 25.5. The van der Waals surface area contributed by atoms with Crippen molar-refractivity contribution in [3.8, 4) is 0 Å². The van der Waals surface area contributed by atoms with Crippen LogP contribution in [0.2, 0.25) is 0 Å². The van der Waals surface area contributed by atoms with E-state index >= 15 is 0 Å². The average molecular weight is 1070 g/mol. The molecule has 26 nitrogen and oxygen atoms in total. The van der Waals surface area contributed by atoms with E-state index in [4.69, 9.17) is 14.7 Å². The number of carbonyl (C=O) groups excluding carboxylic acids is 8. The Labute approximate surface area is 436 Å². The van der Waals surface area contributed by atoms with Crippen LogP contribution in [0.15, 0.2) is 85.1 Å². The van der Waals surface area contributed by atoms with Gasteiger partial charge in [-0.2, -0.15) is 14.0 Å². The molecule has 5 atom stereocenters. The van der Waals surface area contributed by atoms with Crippen molar-refractivity contribution in [2.75, 3.05) is 6.54 Å². The molecule has 5 unspecified atom stereocenters. The van der Waals surface area contributed by atoms with Gasteiger partial charge in [0.25, 0.3) is 11.8 Å². The number of benzene rings is 3. The molecular formula is C50H55FN8O18. The third-order valence-electron chi connectivity index (χ3n) is 11.2. The number of pyridine rings is 1. The van der Waals surface area contributed by atoms with Gasteiger partial charge < -0.3 is 62.8 Å². The van der Waals surface area contributed by atoms with Crippen molar-refractivity contribution in [1.29, 1.82) is 0 Å². The first-order chi connectivity index (χ1) is 36.6. The third kappa shape index (κ3) is 22.6. The summed E-state index contributed by atoms with van der Waals surface area (Å²) in [6.07, 6.45) is -1.06. The molecule has 1 aromatic heterocycles. The molecule has 0 saturated heterocycles. The van der Waals surface area contributed by atoms with Gasteiger partial charge in [-0.1, -0.05) is 54.6 Å². The summed E-state index contributed by atoms with van der Waals surface area (Å²) in [5.74, 6) is -11.5. The Morgan fingerprint density at radius 1 is 0.519 bits per heavy atom. The van der Waals surface area contributed by atoms with Crippen molar-refractivity contribution in [2.45, 2.75) is 101 Å². The number of aromatic nitrogens is 1. The lowest BCUT2D eigenvalue weighted by molar-refractivity contribution is -0.192. The molecule has 7 amide bonds. The van der Waals surface area contributed by atoms with Gasteiger partial charge in [-0.25, -0.2) is 29.0 Å². The lowest BCUT2D eigenvalue weighted by atomic mass is 10.0. The zero-order valence-electron chi connectivity index (χ0n) is 40.8. The lowest BCUT2D eigenvalue weighted by Crippen LogP contribution is -2.51. The number of amides is 7. The molecule has 3 aromatic carbocycles. The van der Waals surface area contributed by atoms with Crippen molar-refractivity contribution in [2.24, 2.45) is 0 Å². The number of nitrogens with one attached hydrogen (secondary N) is 7. The number of carbonyl (C=O) groups is 11. The second-order valence-electron chi connectivity index (χ2n) is 16.9. The van der Waals surface area contributed by atoms with E-state index in [9.17, 15) is 77.6 Å². The molecule has 0 bridgehead atoms. The van der Waals surface area contributed by atoms with Gasteiger partial charge in [0.2, 0.25) is 23.7 Å². The monoisotopic (exact) mass is 1070 g/mol. The van der Waals surface area contributed by atoms with Crippen molar-refractivity contribution in [1.82, 2.24) is 42.2 Å². The molecule has 410 valence electrons. The number of urea groups is 1. The lowest BCUT2D eigenvalue weighted by Gasteiger charge is -2.20. The van der Waals surface area contributed by atoms with E-state index < -0.39 is 127 Å². The summed E-state index contributed by atoms with van der Waals surface area (Å²) in [5.41, 5.74) is 1.30. The number of aliphatic carboxylic acids is 5. The molecule has 0 fully saturated rings. The van der Waals surface area contributed by atoms with Crippen LogP contribution >= 0.6 is 0 Å². The minimum atomic E-state index is -1.57. The molecule has 0 aliphatic heterocycles. The SMILES string of the molecule is O=C(O)CCC(NC(=O)NC(CCCCNC(=O)C(Cc1ccc2ccccc2c1)NC(=O)c1ccc(CNC(=O)CCC(NC(=O)CCC(NC(=O)c2ccc([18F])nc2)C(=O)O)C(=O)O)cc1)C(=O)O)C(=O)O.O=C=O. The Morgan fingerprint density at radius 2 is 1.03 bits per heavy atom. The van der Waals surface area contributed by atoms with Crippen LogP contribution in [0.1, 0.15) is 89.6 Å². The summed E-state index contributed by atoms with van der Waals surface area (Å²) >= 11 is 0. The molecule has 1 heterocycles. The summed E-state index contributed by atoms with van der Waals surface area (Å²) in [6, 6.07) is 12.8. The number of carboxylic acids is 5. The van der Waals surface area contributed by atoms with Gasteiger partial charge in [-0.3, -0.25) is 28.8 Å². The maximum absolute atomic E-state index is 13.6. The molecule has 0 spiro atoms. The number of halogens is 1. The van der Waals surface area contributed by atoms with Crippen LogP contribution in [0.25, 0.3) is 10.8 Å². The van der Waals surface area contributed by atoms with Crippen LogP contribution in [0.5, 0.6) is 0 Å². The fourth-order valence-electron chi connectivity index (χ4n) is 7.15. The first-order valence-corrected chi connectivity index (χ1v) is 23.4. The van der Waals surface area contributed by atoms with E-state index in [1.54, 1.807) is 12.1 Å². The zero-order chi connectivity index (χ0) is 57.0. The minimum Gasteiger partial charge on any atom is -0.481 e. The van der Waals surface area contributed by atoms with Gasteiger partial charge in [0.15, 0.2) is 0 Å². The average Bonchev–Trinajstić information content (AvgIpc) is 3.38. The number of unbranched alkanes of at least 4 members (excludes halogenated alkanes) is 1. The van der Waals surface area contributed by atoms with Gasteiger partial charge >= 0.3 is 42.0 Å². The molecule has 4 aromatic rings. The van der Waals surface area contributed by atoms with E-state index in [0.29, 0.717) is 5.56 Å². The van der Waals surface area contributed by atoms with E-state index in [1.165, 1.54) is 12.1 Å². The summed E-state index contributed by atoms with van der Waals surface area (Å²) in [6.45, 7) is 0.00555. The number of rotatable bonds is 30. The molecule has 0 aliphatic carbocycles. The van der Waals surface area contributed by atoms with Crippen molar-refractivity contribution >= 4 is 82.3 Å². The fourth-order valence-corrected chi connectivity index (χ4v) is 7.15. The van der Waals surface area contributed by atoms with E-state index in [0.717, 1.165) is 34.7 Å². The Bertz CT molecular complexity index is 2790. The second kappa shape index (κ2) is 31.8. The van der Waals surface area contributed by atoms with E-state index in [1.807, 2.05) is 42.5 Å². The van der Waals surface area contributed by atoms with E-state index in [2.05, 4.69) is 42.2 Å². The fraction of sp³-hybridized carbons (Fsp3) is 0.340. The highest BCUT2D eigenvalue weighted by molar-refractivity contribution is 5.98. The predicted molar refractivity (Wildman–Crippen MR) is 262 cm³/mol. The number of nitrogens with zero attached hydrogens (tertiary/aromatic N) is 1. The number of hydrogen-bond donors (Lipinski definition) is 12.